The van der Waals surface area contributed by atoms with E-state index in [1.165, 1.54) is 6.07 Å². The Kier molecular flexibility index (Phi) is 7.00. The second-order valence-corrected chi connectivity index (χ2v) is 4.17. The van der Waals surface area contributed by atoms with E-state index in [2.05, 4.69) is 15.6 Å². The highest BCUT2D eigenvalue weighted by Crippen LogP contribution is 2.05. The third-order valence-electron chi connectivity index (χ3n) is 2.72. The lowest BCUT2D eigenvalue weighted by atomic mass is 10.1. The molecule has 3 nitrogen and oxygen atoms in total. The van der Waals surface area contributed by atoms with Gasteiger partial charge >= 0.3 is 0 Å². The monoisotopic (exact) mass is 363 g/mol. The summed E-state index contributed by atoms with van der Waals surface area (Å²) in [4.78, 5) is 4.32. The van der Waals surface area contributed by atoms with Crippen molar-refractivity contribution >= 4 is 29.9 Å². The number of aliphatic imine (C=N–C) groups is 1. The Morgan fingerprint density at radius 3 is 3.00 bits per heavy atom. The highest BCUT2D eigenvalue weighted by molar-refractivity contribution is 14.0. The van der Waals surface area contributed by atoms with E-state index in [0.29, 0.717) is 0 Å². The fourth-order valence-corrected chi connectivity index (χ4v) is 1.84. The Hall–Kier alpha value is -0.850. The molecule has 5 heteroatoms. The maximum atomic E-state index is 12.9. The second kappa shape index (κ2) is 8.29. The normalized spacial score (nSPS) is 14.2. The molecule has 0 unspecified atom stereocenters. The lowest BCUT2D eigenvalue weighted by molar-refractivity contribution is 0.623. The molecule has 2 N–H and O–H groups in total. The Balaban J connectivity index is 0.00000162. The minimum atomic E-state index is -0.159. The zero-order valence-corrected chi connectivity index (χ0v) is 12.6. The van der Waals surface area contributed by atoms with Gasteiger partial charge in [-0.15, -0.1) is 24.0 Å². The van der Waals surface area contributed by atoms with Gasteiger partial charge in [0.25, 0.3) is 0 Å². The van der Waals surface area contributed by atoms with Crippen LogP contribution in [0, 0.1) is 5.82 Å². The van der Waals surface area contributed by atoms with Gasteiger partial charge in [0, 0.05) is 19.6 Å². The third kappa shape index (κ3) is 5.20. The molecule has 0 radical (unpaired) electrons. The van der Waals surface area contributed by atoms with Crippen LogP contribution in [0.25, 0.3) is 0 Å². The fourth-order valence-electron chi connectivity index (χ4n) is 1.84. The van der Waals surface area contributed by atoms with Crippen molar-refractivity contribution in [1.29, 1.82) is 0 Å². The van der Waals surface area contributed by atoms with Gasteiger partial charge in [0.1, 0.15) is 5.82 Å². The van der Waals surface area contributed by atoms with Crippen LogP contribution in [-0.2, 0) is 6.42 Å². The quantitative estimate of drug-likeness (QED) is 0.636. The summed E-state index contributed by atoms with van der Waals surface area (Å²) in [5.41, 5.74) is 1.05. The van der Waals surface area contributed by atoms with E-state index in [9.17, 15) is 4.39 Å². The molecule has 1 aromatic carbocycles. The predicted molar refractivity (Wildman–Crippen MR) is 83.1 cm³/mol. The molecule has 0 spiro atoms. The number of nitrogens with zero attached hydrogens (tertiary/aromatic N) is 1. The lowest BCUT2D eigenvalue weighted by Gasteiger charge is -2.15. The molecule has 1 aliphatic rings. The van der Waals surface area contributed by atoms with Crippen molar-refractivity contribution < 1.29 is 4.39 Å². The number of hydrogen-bond donors (Lipinski definition) is 2. The summed E-state index contributed by atoms with van der Waals surface area (Å²) in [5.74, 6) is 0.740. The molecule has 1 aromatic rings. The van der Waals surface area contributed by atoms with Crippen LogP contribution in [0.15, 0.2) is 29.3 Å². The van der Waals surface area contributed by atoms with Gasteiger partial charge in [-0.1, -0.05) is 12.1 Å². The van der Waals surface area contributed by atoms with Gasteiger partial charge in [-0.05, 0) is 37.0 Å². The first-order valence-corrected chi connectivity index (χ1v) is 6.11. The molecule has 1 heterocycles. The molecule has 0 saturated carbocycles. The molecule has 0 bridgehead atoms. The molecule has 0 aliphatic carbocycles. The summed E-state index contributed by atoms with van der Waals surface area (Å²) < 4.78 is 12.9. The van der Waals surface area contributed by atoms with Gasteiger partial charge in [-0.25, -0.2) is 4.39 Å². The third-order valence-corrected chi connectivity index (χ3v) is 2.72. The van der Waals surface area contributed by atoms with Crippen LogP contribution >= 0.6 is 24.0 Å². The van der Waals surface area contributed by atoms with Crippen molar-refractivity contribution in [3.8, 4) is 0 Å². The van der Waals surface area contributed by atoms with Gasteiger partial charge in [0.15, 0.2) is 5.96 Å². The summed E-state index contributed by atoms with van der Waals surface area (Å²) in [7, 11) is 0. The Bertz CT molecular complexity index is 396. The van der Waals surface area contributed by atoms with Crippen molar-refractivity contribution in [3.63, 3.8) is 0 Å². The first-order valence-electron chi connectivity index (χ1n) is 6.11. The lowest BCUT2D eigenvalue weighted by Crippen LogP contribution is -2.41. The molecule has 100 valence electrons. The molecular formula is C13H19FIN3. The van der Waals surface area contributed by atoms with Gasteiger partial charge in [0.05, 0.1) is 0 Å². The summed E-state index contributed by atoms with van der Waals surface area (Å²) in [6, 6.07) is 6.78. The van der Waals surface area contributed by atoms with Crippen molar-refractivity contribution in [2.75, 3.05) is 19.6 Å². The zero-order valence-electron chi connectivity index (χ0n) is 10.3. The van der Waals surface area contributed by atoms with Crippen LogP contribution in [0.5, 0.6) is 0 Å². The van der Waals surface area contributed by atoms with E-state index < -0.39 is 0 Å². The number of aryl methyl sites for hydroxylation is 1. The van der Waals surface area contributed by atoms with Gasteiger partial charge in [0.2, 0.25) is 0 Å². The average molecular weight is 363 g/mol. The average Bonchev–Trinajstić information content (AvgIpc) is 2.36. The summed E-state index contributed by atoms with van der Waals surface area (Å²) in [6.07, 6.45) is 2.97. The largest absolute Gasteiger partial charge is 0.356 e. The highest BCUT2D eigenvalue weighted by Gasteiger charge is 2.02. The van der Waals surface area contributed by atoms with Crippen LogP contribution in [0.1, 0.15) is 18.4 Å². The second-order valence-electron chi connectivity index (χ2n) is 4.17. The van der Waals surface area contributed by atoms with Crippen LogP contribution in [0.3, 0.4) is 0 Å². The van der Waals surface area contributed by atoms with E-state index in [1.54, 1.807) is 12.1 Å². The van der Waals surface area contributed by atoms with Crippen molar-refractivity contribution in [2.24, 2.45) is 4.99 Å². The number of benzene rings is 1. The van der Waals surface area contributed by atoms with Gasteiger partial charge in [-0.2, -0.15) is 0 Å². The molecule has 0 atom stereocenters. The van der Waals surface area contributed by atoms with E-state index in [0.717, 1.165) is 50.4 Å². The maximum absolute atomic E-state index is 12.9. The minimum absolute atomic E-state index is 0. The first kappa shape index (κ1) is 15.2. The molecule has 18 heavy (non-hydrogen) atoms. The van der Waals surface area contributed by atoms with E-state index in [1.807, 2.05) is 6.07 Å². The smallest absolute Gasteiger partial charge is 0.191 e. The number of hydrogen-bond acceptors (Lipinski definition) is 3. The number of nitrogens with one attached hydrogen (secondary N) is 2. The first-order chi connectivity index (χ1) is 8.34. The Labute approximate surface area is 124 Å². The molecular weight excluding hydrogens is 344 g/mol. The molecule has 0 amide bonds. The fraction of sp³-hybridized carbons (Fsp3) is 0.462. The van der Waals surface area contributed by atoms with Gasteiger partial charge < -0.3 is 10.6 Å². The van der Waals surface area contributed by atoms with Crippen LogP contribution in [0.4, 0.5) is 4.39 Å². The molecule has 0 aromatic heterocycles. The van der Waals surface area contributed by atoms with Gasteiger partial charge in [-0.3, -0.25) is 4.99 Å². The van der Waals surface area contributed by atoms with E-state index in [-0.39, 0.29) is 29.8 Å². The Morgan fingerprint density at radius 1 is 1.39 bits per heavy atom. The number of rotatable bonds is 4. The minimum Gasteiger partial charge on any atom is -0.356 e. The van der Waals surface area contributed by atoms with Crippen molar-refractivity contribution in [2.45, 2.75) is 19.3 Å². The summed E-state index contributed by atoms with van der Waals surface area (Å²) in [5, 5.41) is 6.46. The molecule has 1 aliphatic heterocycles. The molecule has 0 fully saturated rings. The predicted octanol–water partition coefficient (Wildman–Crippen LogP) is 2.32. The summed E-state index contributed by atoms with van der Waals surface area (Å²) >= 11 is 0. The number of guanidine groups is 1. The summed E-state index contributed by atoms with van der Waals surface area (Å²) in [6.45, 7) is 2.76. The standard InChI is InChI=1S/C13H18FN3.HI/c14-12-6-1-4-11(10-12)5-2-7-15-13-16-8-3-9-17-13;/h1,4,6,10H,2-3,5,7-9H2,(H2,15,16,17);1H. The van der Waals surface area contributed by atoms with Crippen LogP contribution in [0.2, 0.25) is 0 Å². The molecule has 2 rings (SSSR count). The van der Waals surface area contributed by atoms with Crippen molar-refractivity contribution in [1.82, 2.24) is 10.6 Å². The highest BCUT2D eigenvalue weighted by atomic mass is 127. The maximum Gasteiger partial charge on any atom is 0.191 e. The molecule has 0 saturated heterocycles. The van der Waals surface area contributed by atoms with Crippen LogP contribution < -0.4 is 10.6 Å². The SMILES string of the molecule is Fc1cccc(CCCNC2=NCCCN2)c1.I. The Morgan fingerprint density at radius 2 is 2.28 bits per heavy atom. The zero-order chi connectivity index (χ0) is 11.9. The topological polar surface area (TPSA) is 36.4 Å². The van der Waals surface area contributed by atoms with Crippen LogP contribution in [-0.4, -0.2) is 25.6 Å². The van der Waals surface area contributed by atoms with E-state index in [4.69, 9.17) is 0 Å². The van der Waals surface area contributed by atoms with E-state index >= 15 is 0 Å². The van der Waals surface area contributed by atoms with Crippen molar-refractivity contribution in [3.05, 3.63) is 35.6 Å². The number of halogens is 2.